The van der Waals surface area contributed by atoms with Crippen LogP contribution in [0.15, 0.2) is 0 Å². The maximum Gasteiger partial charge on any atom is 0.326 e. The SMILES string of the molecule is CC(C)C(N)C(=O)NC(CCC(N)=O)C(=O)NC(CC(N)=O)C(=O)O. The Labute approximate surface area is 144 Å². The Morgan fingerprint density at radius 2 is 1.44 bits per heavy atom. The highest BCUT2D eigenvalue weighted by atomic mass is 16.4. The van der Waals surface area contributed by atoms with Crippen LogP contribution in [0.5, 0.6) is 0 Å². The van der Waals surface area contributed by atoms with Gasteiger partial charge in [0, 0.05) is 6.42 Å². The number of carbonyl (C=O) groups is 5. The molecule has 11 heteroatoms. The third-order valence-corrected chi connectivity index (χ3v) is 3.35. The van der Waals surface area contributed by atoms with Crippen molar-refractivity contribution in [2.24, 2.45) is 23.1 Å². The molecule has 0 heterocycles. The van der Waals surface area contributed by atoms with Crippen molar-refractivity contribution in [1.29, 1.82) is 0 Å². The number of hydrogen-bond acceptors (Lipinski definition) is 6. The fraction of sp³-hybridized carbons (Fsp3) is 0.643. The molecule has 3 atom stereocenters. The molecule has 11 nitrogen and oxygen atoms in total. The van der Waals surface area contributed by atoms with Crippen LogP contribution in [0.1, 0.15) is 33.1 Å². The lowest BCUT2D eigenvalue weighted by molar-refractivity contribution is -0.143. The predicted octanol–water partition coefficient (Wildman–Crippen LogP) is -2.84. The molecule has 0 aromatic carbocycles. The third kappa shape index (κ3) is 8.65. The zero-order valence-corrected chi connectivity index (χ0v) is 14.2. The van der Waals surface area contributed by atoms with E-state index in [2.05, 4.69) is 10.6 Å². The van der Waals surface area contributed by atoms with Gasteiger partial charge in [0.2, 0.25) is 23.6 Å². The summed E-state index contributed by atoms with van der Waals surface area (Å²) < 4.78 is 0. The zero-order chi connectivity index (χ0) is 19.7. The van der Waals surface area contributed by atoms with Crippen LogP contribution in [0.4, 0.5) is 0 Å². The van der Waals surface area contributed by atoms with Crippen molar-refractivity contribution in [3.05, 3.63) is 0 Å². The second kappa shape index (κ2) is 10.2. The lowest BCUT2D eigenvalue weighted by atomic mass is 10.0. The number of rotatable bonds is 11. The van der Waals surface area contributed by atoms with Crippen LogP contribution in [0.25, 0.3) is 0 Å². The fourth-order valence-corrected chi connectivity index (χ4v) is 1.80. The summed E-state index contributed by atoms with van der Waals surface area (Å²) in [5, 5.41) is 13.5. The van der Waals surface area contributed by atoms with Crippen molar-refractivity contribution in [2.45, 2.75) is 51.2 Å². The number of nitrogens with two attached hydrogens (primary N) is 3. The number of amides is 4. The van der Waals surface area contributed by atoms with E-state index in [1.54, 1.807) is 13.8 Å². The molecule has 0 aliphatic heterocycles. The van der Waals surface area contributed by atoms with Crippen molar-refractivity contribution in [3.8, 4) is 0 Å². The summed E-state index contributed by atoms with van der Waals surface area (Å²) in [4.78, 5) is 57.2. The van der Waals surface area contributed by atoms with Gasteiger partial charge in [-0.05, 0) is 12.3 Å². The highest BCUT2D eigenvalue weighted by molar-refractivity contribution is 5.93. The van der Waals surface area contributed by atoms with E-state index in [4.69, 9.17) is 22.3 Å². The monoisotopic (exact) mass is 359 g/mol. The summed E-state index contributed by atoms with van der Waals surface area (Å²) in [6.07, 6.45) is -0.994. The van der Waals surface area contributed by atoms with Crippen LogP contribution in [0, 0.1) is 5.92 Å². The van der Waals surface area contributed by atoms with Crippen LogP contribution >= 0.6 is 0 Å². The topological polar surface area (TPSA) is 208 Å². The van der Waals surface area contributed by atoms with E-state index in [1.807, 2.05) is 0 Å². The summed E-state index contributed by atoms with van der Waals surface area (Å²) in [6, 6.07) is -3.69. The quantitative estimate of drug-likeness (QED) is 0.227. The van der Waals surface area contributed by atoms with Gasteiger partial charge in [0.15, 0.2) is 0 Å². The average molecular weight is 359 g/mol. The minimum absolute atomic E-state index is 0.152. The summed E-state index contributed by atoms with van der Waals surface area (Å²) >= 11 is 0. The molecule has 142 valence electrons. The molecule has 0 aromatic heterocycles. The van der Waals surface area contributed by atoms with Gasteiger partial charge in [-0.1, -0.05) is 13.8 Å². The smallest absolute Gasteiger partial charge is 0.326 e. The Morgan fingerprint density at radius 3 is 1.84 bits per heavy atom. The van der Waals surface area contributed by atoms with Crippen LogP contribution < -0.4 is 27.8 Å². The molecular weight excluding hydrogens is 334 g/mol. The number of carbonyl (C=O) groups excluding carboxylic acids is 4. The second-order valence-corrected chi connectivity index (χ2v) is 5.91. The summed E-state index contributed by atoms with van der Waals surface area (Å²) in [7, 11) is 0. The van der Waals surface area contributed by atoms with Crippen LogP contribution in [-0.4, -0.2) is 52.8 Å². The maximum absolute atomic E-state index is 12.2. The third-order valence-electron chi connectivity index (χ3n) is 3.35. The van der Waals surface area contributed by atoms with Crippen molar-refractivity contribution < 1.29 is 29.1 Å². The largest absolute Gasteiger partial charge is 0.480 e. The number of nitrogens with one attached hydrogen (secondary N) is 2. The van der Waals surface area contributed by atoms with Crippen molar-refractivity contribution in [2.75, 3.05) is 0 Å². The molecule has 9 N–H and O–H groups in total. The molecule has 0 saturated heterocycles. The van der Waals surface area contributed by atoms with Crippen LogP contribution in [-0.2, 0) is 24.0 Å². The van der Waals surface area contributed by atoms with E-state index >= 15 is 0 Å². The molecule has 0 aromatic rings. The van der Waals surface area contributed by atoms with Gasteiger partial charge in [0.25, 0.3) is 0 Å². The van der Waals surface area contributed by atoms with E-state index in [1.165, 1.54) is 0 Å². The predicted molar refractivity (Wildman–Crippen MR) is 86.6 cm³/mol. The number of aliphatic carboxylic acids is 1. The van der Waals surface area contributed by atoms with Crippen molar-refractivity contribution >= 4 is 29.6 Å². The van der Waals surface area contributed by atoms with Gasteiger partial charge >= 0.3 is 5.97 Å². The first kappa shape index (κ1) is 22.3. The van der Waals surface area contributed by atoms with E-state index in [9.17, 15) is 24.0 Å². The molecule has 0 aliphatic carbocycles. The molecule has 0 aliphatic rings. The van der Waals surface area contributed by atoms with Crippen LogP contribution in [0.3, 0.4) is 0 Å². The zero-order valence-electron chi connectivity index (χ0n) is 14.2. The van der Waals surface area contributed by atoms with Gasteiger partial charge in [-0.2, -0.15) is 0 Å². The van der Waals surface area contributed by atoms with Gasteiger partial charge in [-0.15, -0.1) is 0 Å². The van der Waals surface area contributed by atoms with E-state index in [0.717, 1.165) is 0 Å². The minimum Gasteiger partial charge on any atom is -0.480 e. The molecule has 0 saturated carbocycles. The van der Waals surface area contributed by atoms with Gasteiger partial charge in [0.1, 0.15) is 12.1 Å². The maximum atomic E-state index is 12.2. The normalized spacial score (nSPS) is 14.2. The number of carboxylic acids is 1. The number of carboxylic acid groups (broad SMARTS) is 1. The Balaban J connectivity index is 5.13. The Kier molecular flexibility index (Phi) is 9.13. The van der Waals surface area contributed by atoms with Crippen molar-refractivity contribution in [3.63, 3.8) is 0 Å². The van der Waals surface area contributed by atoms with E-state index < -0.39 is 54.1 Å². The highest BCUT2D eigenvalue weighted by Gasteiger charge is 2.29. The molecular formula is C14H25N5O6. The first-order valence-corrected chi connectivity index (χ1v) is 7.61. The second-order valence-electron chi connectivity index (χ2n) is 5.91. The molecule has 25 heavy (non-hydrogen) atoms. The first-order chi connectivity index (χ1) is 11.5. The summed E-state index contributed by atoms with van der Waals surface area (Å²) in [5.74, 6) is -4.83. The highest BCUT2D eigenvalue weighted by Crippen LogP contribution is 2.04. The molecule has 4 amide bonds. The Bertz CT molecular complexity index is 536. The standard InChI is InChI=1S/C14H25N5O6/c1-6(2)11(17)13(23)18-7(3-4-9(15)20)12(22)19-8(14(24)25)5-10(16)21/h6-8,11H,3-5,17H2,1-2H3,(H2,15,20)(H2,16,21)(H,18,23)(H,19,22)(H,24,25). The summed E-state index contributed by atoms with van der Waals surface area (Å²) in [6.45, 7) is 3.41. The molecule has 3 unspecified atom stereocenters. The molecule has 0 bridgehead atoms. The summed E-state index contributed by atoms with van der Waals surface area (Å²) in [5.41, 5.74) is 15.7. The Morgan fingerprint density at radius 1 is 0.920 bits per heavy atom. The van der Waals surface area contributed by atoms with Gasteiger partial charge < -0.3 is 32.9 Å². The van der Waals surface area contributed by atoms with Gasteiger partial charge in [-0.3, -0.25) is 19.2 Å². The Hall–Kier alpha value is -2.69. The van der Waals surface area contributed by atoms with Crippen LogP contribution in [0.2, 0.25) is 0 Å². The minimum atomic E-state index is -1.56. The molecule has 0 spiro atoms. The van der Waals surface area contributed by atoms with Gasteiger partial charge in [-0.25, -0.2) is 4.79 Å². The average Bonchev–Trinajstić information content (AvgIpc) is 2.48. The number of hydrogen-bond donors (Lipinski definition) is 6. The first-order valence-electron chi connectivity index (χ1n) is 7.61. The van der Waals surface area contributed by atoms with E-state index in [-0.39, 0.29) is 18.8 Å². The molecule has 0 rings (SSSR count). The number of primary amides is 2. The van der Waals surface area contributed by atoms with Crippen molar-refractivity contribution in [1.82, 2.24) is 10.6 Å². The lowest BCUT2D eigenvalue weighted by Gasteiger charge is -2.23. The molecule has 0 radical (unpaired) electrons. The fourth-order valence-electron chi connectivity index (χ4n) is 1.80. The van der Waals surface area contributed by atoms with Gasteiger partial charge in [0.05, 0.1) is 12.5 Å². The lowest BCUT2D eigenvalue weighted by Crippen LogP contribution is -2.55. The van der Waals surface area contributed by atoms with E-state index in [0.29, 0.717) is 0 Å². The molecule has 0 fully saturated rings.